The van der Waals surface area contributed by atoms with E-state index >= 15 is 0 Å². The Bertz CT molecular complexity index is 547. The predicted octanol–water partition coefficient (Wildman–Crippen LogP) is 4.97. The van der Waals surface area contributed by atoms with Crippen molar-refractivity contribution in [2.45, 2.75) is 33.2 Å². The first kappa shape index (κ1) is 14.2. The van der Waals surface area contributed by atoms with E-state index in [9.17, 15) is 0 Å². The van der Waals surface area contributed by atoms with Gasteiger partial charge in [-0.2, -0.15) is 0 Å². The summed E-state index contributed by atoms with van der Waals surface area (Å²) in [7, 11) is 0. The molecule has 1 N–H and O–H groups in total. The van der Waals surface area contributed by atoms with Gasteiger partial charge < -0.3 is 9.73 Å². The van der Waals surface area contributed by atoms with Crippen LogP contribution in [0.1, 0.15) is 37.6 Å². The minimum atomic E-state index is 0.276. The van der Waals surface area contributed by atoms with E-state index in [4.69, 9.17) is 16.0 Å². The number of hydrogen-bond acceptors (Lipinski definition) is 2. The highest BCUT2D eigenvalue weighted by Crippen LogP contribution is 2.30. The van der Waals surface area contributed by atoms with E-state index in [1.807, 2.05) is 30.3 Å². The highest BCUT2D eigenvalue weighted by molar-refractivity contribution is 6.30. The molecule has 0 saturated carbocycles. The molecule has 2 aromatic rings. The van der Waals surface area contributed by atoms with Gasteiger partial charge in [-0.05, 0) is 49.7 Å². The number of aryl methyl sites for hydroxylation is 1. The standard InChI is InChI=1S/C16H20ClNO/c1-4-14(18-5-2)16-9-8-15(19-16)13-10-12(17)7-6-11(13)3/h6-10,14,18H,4-5H2,1-3H3. The third-order valence-electron chi connectivity index (χ3n) is 3.29. The highest BCUT2D eigenvalue weighted by atomic mass is 35.5. The molecule has 0 aliphatic carbocycles. The van der Waals surface area contributed by atoms with E-state index in [1.54, 1.807) is 0 Å². The Balaban J connectivity index is 2.32. The van der Waals surface area contributed by atoms with Crippen LogP contribution in [-0.2, 0) is 0 Å². The lowest BCUT2D eigenvalue weighted by molar-refractivity contribution is 0.417. The van der Waals surface area contributed by atoms with Gasteiger partial charge in [0.25, 0.3) is 0 Å². The van der Waals surface area contributed by atoms with Crippen LogP contribution in [0, 0.1) is 6.92 Å². The molecule has 1 atom stereocenters. The monoisotopic (exact) mass is 277 g/mol. The smallest absolute Gasteiger partial charge is 0.134 e. The molecule has 2 rings (SSSR count). The third kappa shape index (κ3) is 3.20. The summed E-state index contributed by atoms with van der Waals surface area (Å²) in [4.78, 5) is 0. The topological polar surface area (TPSA) is 25.2 Å². The first-order chi connectivity index (χ1) is 9.15. The second-order valence-electron chi connectivity index (χ2n) is 4.68. The largest absolute Gasteiger partial charge is 0.459 e. The van der Waals surface area contributed by atoms with Gasteiger partial charge in [0.1, 0.15) is 11.5 Å². The lowest BCUT2D eigenvalue weighted by Gasteiger charge is -2.12. The van der Waals surface area contributed by atoms with Gasteiger partial charge in [-0.25, -0.2) is 0 Å². The van der Waals surface area contributed by atoms with Gasteiger partial charge in [0, 0.05) is 10.6 Å². The van der Waals surface area contributed by atoms with E-state index in [-0.39, 0.29) is 6.04 Å². The Labute approximate surface area is 119 Å². The van der Waals surface area contributed by atoms with Crippen molar-refractivity contribution in [2.75, 3.05) is 6.54 Å². The average Bonchev–Trinajstić information content (AvgIpc) is 2.88. The Morgan fingerprint density at radius 1 is 1.21 bits per heavy atom. The zero-order valence-electron chi connectivity index (χ0n) is 11.7. The Hall–Kier alpha value is -1.25. The Morgan fingerprint density at radius 3 is 2.68 bits per heavy atom. The van der Waals surface area contributed by atoms with Crippen LogP contribution in [0.25, 0.3) is 11.3 Å². The first-order valence-corrected chi connectivity index (χ1v) is 7.13. The molecule has 0 saturated heterocycles. The summed E-state index contributed by atoms with van der Waals surface area (Å²) in [6.07, 6.45) is 1.01. The van der Waals surface area contributed by atoms with E-state index in [0.717, 1.165) is 35.1 Å². The van der Waals surface area contributed by atoms with Gasteiger partial charge >= 0.3 is 0 Å². The number of furan rings is 1. The van der Waals surface area contributed by atoms with Crippen molar-refractivity contribution in [1.82, 2.24) is 5.32 Å². The van der Waals surface area contributed by atoms with Gasteiger partial charge in [-0.1, -0.05) is 31.5 Å². The normalized spacial score (nSPS) is 12.6. The van der Waals surface area contributed by atoms with Crippen LogP contribution in [0.3, 0.4) is 0 Å². The molecule has 19 heavy (non-hydrogen) atoms. The fourth-order valence-corrected chi connectivity index (χ4v) is 2.41. The highest BCUT2D eigenvalue weighted by Gasteiger charge is 2.14. The summed E-state index contributed by atoms with van der Waals surface area (Å²) in [6.45, 7) is 7.26. The molecular weight excluding hydrogens is 258 g/mol. The Morgan fingerprint density at radius 2 is 2.00 bits per heavy atom. The number of nitrogens with one attached hydrogen (secondary N) is 1. The van der Waals surface area contributed by atoms with Crippen LogP contribution in [0.5, 0.6) is 0 Å². The van der Waals surface area contributed by atoms with Crippen molar-refractivity contribution in [3.63, 3.8) is 0 Å². The van der Waals surface area contributed by atoms with E-state index in [1.165, 1.54) is 5.56 Å². The summed E-state index contributed by atoms with van der Waals surface area (Å²) >= 11 is 6.06. The van der Waals surface area contributed by atoms with Crippen LogP contribution in [0.2, 0.25) is 5.02 Å². The maximum atomic E-state index is 6.06. The summed E-state index contributed by atoms with van der Waals surface area (Å²) < 4.78 is 5.99. The van der Waals surface area contributed by atoms with Crippen LogP contribution < -0.4 is 5.32 Å². The lowest BCUT2D eigenvalue weighted by Crippen LogP contribution is -2.19. The quantitative estimate of drug-likeness (QED) is 0.835. The van der Waals surface area contributed by atoms with Crippen molar-refractivity contribution < 1.29 is 4.42 Å². The molecule has 3 heteroatoms. The molecule has 0 amide bonds. The fraction of sp³-hybridized carbons (Fsp3) is 0.375. The molecule has 102 valence electrons. The SMILES string of the molecule is CCNC(CC)c1ccc(-c2cc(Cl)ccc2C)o1. The molecule has 0 bridgehead atoms. The molecule has 1 aromatic carbocycles. The van der Waals surface area contributed by atoms with E-state index < -0.39 is 0 Å². The van der Waals surface area contributed by atoms with Gasteiger partial charge in [0.2, 0.25) is 0 Å². The van der Waals surface area contributed by atoms with Crippen molar-refractivity contribution in [3.05, 3.63) is 46.7 Å². The summed E-state index contributed by atoms with van der Waals surface area (Å²) in [5.74, 6) is 1.87. The number of halogens is 1. The molecule has 1 aromatic heterocycles. The maximum absolute atomic E-state index is 6.06. The van der Waals surface area contributed by atoms with E-state index in [2.05, 4.69) is 26.1 Å². The molecule has 0 aliphatic rings. The second kappa shape index (κ2) is 6.27. The maximum Gasteiger partial charge on any atom is 0.134 e. The van der Waals surface area contributed by atoms with E-state index in [0.29, 0.717) is 0 Å². The second-order valence-corrected chi connectivity index (χ2v) is 5.12. The molecule has 1 unspecified atom stereocenters. The van der Waals surface area contributed by atoms with Gasteiger partial charge in [-0.3, -0.25) is 0 Å². The molecule has 0 fully saturated rings. The van der Waals surface area contributed by atoms with Crippen molar-refractivity contribution in [3.8, 4) is 11.3 Å². The van der Waals surface area contributed by atoms with Gasteiger partial charge in [0.15, 0.2) is 0 Å². The number of hydrogen-bond donors (Lipinski definition) is 1. The fourth-order valence-electron chi connectivity index (χ4n) is 2.24. The summed E-state index contributed by atoms with van der Waals surface area (Å²) in [5.41, 5.74) is 2.23. The number of rotatable bonds is 5. The molecule has 0 spiro atoms. The predicted molar refractivity (Wildman–Crippen MR) is 80.6 cm³/mol. The van der Waals surface area contributed by atoms with Crippen LogP contribution >= 0.6 is 11.6 Å². The summed E-state index contributed by atoms with van der Waals surface area (Å²) in [5, 5.41) is 4.15. The van der Waals surface area contributed by atoms with Crippen LogP contribution in [0.15, 0.2) is 34.7 Å². The molecule has 0 aliphatic heterocycles. The lowest BCUT2D eigenvalue weighted by atomic mass is 10.1. The van der Waals surface area contributed by atoms with Crippen molar-refractivity contribution >= 4 is 11.6 Å². The minimum Gasteiger partial charge on any atom is -0.459 e. The molecule has 1 heterocycles. The third-order valence-corrected chi connectivity index (χ3v) is 3.53. The minimum absolute atomic E-state index is 0.276. The van der Waals surface area contributed by atoms with Crippen LogP contribution in [-0.4, -0.2) is 6.54 Å². The van der Waals surface area contributed by atoms with Crippen molar-refractivity contribution in [2.24, 2.45) is 0 Å². The Kier molecular flexibility index (Phi) is 4.67. The zero-order chi connectivity index (χ0) is 13.8. The summed E-state index contributed by atoms with van der Waals surface area (Å²) in [6, 6.07) is 10.2. The average molecular weight is 278 g/mol. The molecule has 2 nitrogen and oxygen atoms in total. The number of benzene rings is 1. The van der Waals surface area contributed by atoms with Crippen LogP contribution in [0.4, 0.5) is 0 Å². The first-order valence-electron chi connectivity index (χ1n) is 6.75. The van der Waals surface area contributed by atoms with Crippen molar-refractivity contribution in [1.29, 1.82) is 0 Å². The molecule has 0 radical (unpaired) electrons. The van der Waals surface area contributed by atoms with Gasteiger partial charge in [0.05, 0.1) is 6.04 Å². The molecular formula is C16H20ClNO. The zero-order valence-corrected chi connectivity index (χ0v) is 12.4. The van der Waals surface area contributed by atoms with Gasteiger partial charge in [-0.15, -0.1) is 0 Å².